The summed E-state index contributed by atoms with van der Waals surface area (Å²) >= 11 is 0. The van der Waals surface area contributed by atoms with Gasteiger partial charge in [-0.1, -0.05) is 44.5 Å². The standard InChI is InChI=1S/C23H24F2N2O2/c1-3-8-20-16(4-2)23(29)27(14-13-15-9-5-6-11-18(15)24)22(26-20)17-10-7-12-19(25)21(17)28/h5-7,9-12,28H,3-4,8,13-14H2,1-2H3. The van der Waals surface area contributed by atoms with Gasteiger partial charge in [-0.3, -0.25) is 9.36 Å². The van der Waals surface area contributed by atoms with E-state index in [2.05, 4.69) is 4.98 Å². The van der Waals surface area contributed by atoms with E-state index in [0.717, 1.165) is 12.5 Å². The van der Waals surface area contributed by atoms with Gasteiger partial charge in [0.15, 0.2) is 11.6 Å². The number of hydrogen-bond acceptors (Lipinski definition) is 3. The summed E-state index contributed by atoms with van der Waals surface area (Å²) in [4.78, 5) is 17.9. The molecule has 4 nitrogen and oxygen atoms in total. The van der Waals surface area contributed by atoms with Crippen LogP contribution in [0.1, 0.15) is 37.1 Å². The first-order chi connectivity index (χ1) is 14.0. The van der Waals surface area contributed by atoms with Crippen LogP contribution in [0.2, 0.25) is 0 Å². The molecule has 0 atom stereocenters. The summed E-state index contributed by atoms with van der Waals surface area (Å²) in [6.45, 7) is 4.04. The van der Waals surface area contributed by atoms with Crippen LogP contribution in [0, 0.1) is 11.6 Å². The lowest BCUT2D eigenvalue weighted by molar-refractivity contribution is 0.433. The molecule has 0 aliphatic heterocycles. The van der Waals surface area contributed by atoms with Crippen LogP contribution < -0.4 is 5.56 Å². The Labute approximate surface area is 168 Å². The fourth-order valence-corrected chi connectivity index (χ4v) is 3.48. The highest BCUT2D eigenvalue weighted by molar-refractivity contribution is 5.64. The predicted octanol–water partition coefficient (Wildman–Crippen LogP) is 4.65. The van der Waals surface area contributed by atoms with E-state index in [0.29, 0.717) is 29.7 Å². The van der Waals surface area contributed by atoms with E-state index in [-0.39, 0.29) is 35.7 Å². The predicted molar refractivity (Wildman–Crippen MR) is 109 cm³/mol. The Bertz CT molecular complexity index is 1080. The minimum Gasteiger partial charge on any atom is -0.504 e. The molecule has 2 aromatic carbocycles. The molecule has 3 rings (SSSR count). The molecule has 1 heterocycles. The van der Waals surface area contributed by atoms with Gasteiger partial charge >= 0.3 is 0 Å². The van der Waals surface area contributed by atoms with E-state index in [4.69, 9.17) is 0 Å². The van der Waals surface area contributed by atoms with Crippen molar-refractivity contribution in [3.8, 4) is 17.1 Å². The molecule has 152 valence electrons. The van der Waals surface area contributed by atoms with Gasteiger partial charge in [0.05, 0.1) is 11.3 Å². The highest BCUT2D eigenvalue weighted by Gasteiger charge is 2.20. The maximum absolute atomic E-state index is 14.1. The first-order valence-electron chi connectivity index (χ1n) is 9.81. The molecule has 0 bridgehead atoms. The van der Waals surface area contributed by atoms with Crippen molar-refractivity contribution in [2.45, 2.75) is 46.1 Å². The van der Waals surface area contributed by atoms with Crippen molar-refractivity contribution in [3.05, 3.63) is 81.3 Å². The van der Waals surface area contributed by atoms with Crippen molar-refractivity contribution in [2.75, 3.05) is 0 Å². The number of benzene rings is 2. The second-order valence-electron chi connectivity index (χ2n) is 6.90. The summed E-state index contributed by atoms with van der Waals surface area (Å²) in [5, 5.41) is 10.3. The van der Waals surface area contributed by atoms with Crippen molar-refractivity contribution >= 4 is 0 Å². The zero-order chi connectivity index (χ0) is 21.0. The van der Waals surface area contributed by atoms with Gasteiger partial charge in [0.1, 0.15) is 11.6 Å². The maximum atomic E-state index is 14.1. The van der Waals surface area contributed by atoms with E-state index in [9.17, 15) is 18.7 Å². The van der Waals surface area contributed by atoms with Crippen molar-refractivity contribution in [2.24, 2.45) is 0 Å². The average molecular weight is 398 g/mol. The first kappa shape index (κ1) is 20.7. The van der Waals surface area contributed by atoms with Crippen LogP contribution in [0.25, 0.3) is 11.4 Å². The second-order valence-corrected chi connectivity index (χ2v) is 6.90. The monoisotopic (exact) mass is 398 g/mol. The molecule has 0 amide bonds. The third kappa shape index (κ3) is 4.21. The molecular formula is C23H24F2N2O2. The third-order valence-electron chi connectivity index (χ3n) is 4.98. The van der Waals surface area contributed by atoms with Crippen LogP contribution in [-0.2, 0) is 25.8 Å². The largest absolute Gasteiger partial charge is 0.504 e. The number of halogens is 2. The quantitative estimate of drug-likeness (QED) is 0.630. The molecule has 1 N–H and O–H groups in total. The maximum Gasteiger partial charge on any atom is 0.257 e. The summed E-state index contributed by atoms with van der Waals surface area (Å²) in [5.74, 6) is -1.48. The minimum absolute atomic E-state index is 0.149. The van der Waals surface area contributed by atoms with Gasteiger partial charge < -0.3 is 5.11 Å². The van der Waals surface area contributed by atoms with E-state index in [1.165, 1.54) is 22.8 Å². The number of nitrogens with zero attached hydrogens (tertiary/aromatic N) is 2. The molecule has 6 heteroatoms. The van der Waals surface area contributed by atoms with Crippen LogP contribution in [0.15, 0.2) is 47.3 Å². The molecule has 1 aromatic heterocycles. The van der Waals surface area contributed by atoms with E-state index in [1.54, 1.807) is 18.2 Å². The van der Waals surface area contributed by atoms with E-state index in [1.807, 2.05) is 13.8 Å². The molecule has 0 radical (unpaired) electrons. The van der Waals surface area contributed by atoms with Gasteiger partial charge in [0.25, 0.3) is 5.56 Å². The second kappa shape index (κ2) is 8.99. The van der Waals surface area contributed by atoms with Crippen molar-refractivity contribution in [1.29, 1.82) is 0 Å². The van der Waals surface area contributed by atoms with Gasteiger partial charge in [0, 0.05) is 12.1 Å². The number of rotatable bonds is 7. The van der Waals surface area contributed by atoms with Crippen LogP contribution in [-0.4, -0.2) is 14.7 Å². The molecule has 0 saturated carbocycles. The number of aromatic nitrogens is 2. The summed E-state index contributed by atoms with van der Waals surface area (Å²) in [6, 6.07) is 10.5. The Morgan fingerprint density at radius 3 is 2.41 bits per heavy atom. The summed E-state index contributed by atoms with van der Waals surface area (Å²) in [6.07, 6.45) is 2.19. The SMILES string of the molecule is CCCc1nc(-c2cccc(F)c2O)n(CCc2ccccc2F)c(=O)c1CC. The highest BCUT2D eigenvalue weighted by Crippen LogP contribution is 2.30. The molecule has 0 spiro atoms. The Hall–Kier alpha value is -3.02. The van der Waals surface area contributed by atoms with Crippen molar-refractivity contribution in [1.82, 2.24) is 9.55 Å². The van der Waals surface area contributed by atoms with Gasteiger partial charge in [-0.2, -0.15) is 0 Å². The molecule has 0 aliphatic carbocycles. The summed E-state index contributed by atoms with van der Waals surface area (Å²) < 4.78 is 29.4. The summed E-state index contributed by atoms with van der Waals surface area (Å²) in [7, 11) is 0. The lowest BCUT2D eigenvalue weighted by Crippen LogP contribution is -2.29. The van der Waals surface area contributed by atoms with Crippen LogP contribution in [0.4, 0.5) is 8.78 Å². The molecule has 0 unspecified atom stereocenters. The van der Waals surface area contributed by atoms with E-state index >= 15 is 0 Å². The smallest absolute Gasteiger partial charge is 0.257 e. The van der Waals surface area contributed by atoms with Crippen LogP contribution in [0.5, 0.6) is 5.75 Å². The van der Waals surface area contributed by atoms with E-state index < -0.39 is 11.6 Å². The Morgan fingerprint density at radius 2 is 1.72 bits per heavy atom. The zero-order valence-electron chi connectivity index (χ0n) is 16.6. The molecule has 29 heavy (non-hydrogen) atoms. The first-order valence-corrected chi connectivity index (χ1v) is 9.81. The third-order valence-corrected chi connectivity index (χ3v) is 4.98. The Morgan fingerprint density at radius 1 is 1.00 bits per heavy atom. The number of aromatic hydroxyl groups is 1. The van der Waals surface area contributed by atoms with Crippen molar-refractivity contribution in [3.63, 3.8) is 0 Å². The number of hydrogen-bond donors (Lipinski definition) is 1. The number of para-hydroxylation sites is 1. The molecule has 0 fully saturated rings. The lowest BCUT2D eigenvalue weighted by atomic mass is 10.1. The molecule has 3 aromatic rings. The van der Waals surface area contributed by atoms with Gasteiger partial charge in [-0.05, 0) is 43.0 Å². The van der Waals surface area contributed by atoms with Gasteiger partial charge in [-0.15, -0.1) is 0 Å². The number of aryl methyl sites for hydroxylation is 2. The zero-order valence-corrected chi connectivity index (χ0v) is 16.6. The average Bonchev–Trinajstić information content (AvgIpc) is 2.71. The van der Waals surface area contributed by atoms with Gasteiger partial charge in [-0.25, -0.2) is 13.8 Å². The lowest BCUT2D eigenvalue weighted by Gasteiger charge is -2.18. The molecule has 0 saturated heterocycles. The van der Waals surface area contributed by atoms with Crippen LogP contribution >= 0.6 is 0 Å². The Kier molecular flexibility index (Phi) is 6.42. The number of phenols is 1. The van der Waals surface area contributed by atoms with Gasteiger partial charge in [0.2, 0.25) is 0 Å². The molecule has 0 aliphatic rings. The Balaban J connectivity index is 2.17. The highest BCUT2D eigenvalue weighted by atomic mass is 19.1. The number of phenolic OH excluding ortho intramolecular Hbond substituents is 1. The normalized spacial score (nSPS) is 11.0. The minimum atomic E-state index is -0.783. The van der Waals surface area contributed by atoms with Crippen LogP contribution in [0.3, 0.4) is 0 Å². The summed E-state index contributed by atoms with van der Waals surface area (Å²) in [5.41, 5.74) is 1.64. The van der Waals surface area contributed by atoms with Crippen molar-refractivity contribution < 1.29 is 13.9 Å². The fourth-order valence-electron chi connectivity index (χ4n) is 3.48. The fraction of sp³-hybridized carbons (Fsp3) is 0.304. The molecular weight excluding hydrogens is 374 g/mol. The topological polar surface area (TPSA) is 55.1 Å².